The Kier molecular flexibility index (Phi) is 4.92. The Hall–Kier alpha value is -5.78. The monoisotopic (exact) mass is 544 g/mol. The molecule has 1 spiro atoms. The zero-order chi connectivity index (χ0) is 28.5. The molecule has 43 heavy (non-hydrogen) atoms. The van der Waals surface area contributed by atoms with Gasteiger partial charge in [-0.25, -0.2) is 0 Å². The van der Waals surface area contributed by atoms with Gasteiger partial charge in [0.2, 0.25) is 0 Å². The first kappa shape index (κ1) is 23.9. The second-order valence-corrected chi connectivity index (χ2v) is 11.4. The van der Waals surface area contributed by atoms with Gasteiger partial charge in [-0.15, -0.1) is 0 Å². The number of nitriles is 1. The highest BCUT2D eigenvalue weighted by Crippen LogP contribution is 2.64. The van der Waals surface area contributed by atoms with E-state index >= 15 is 0 Å². The molecule has 0 aliphatic heterocycles. The molecule has 1 aromatic heterocycles. The van der Waals surface area contributed by atoms with E-state index in [2.05, 4.69) is 138 Å². The molecule has 0 atom stereocenters. The molecule has 9 rings (SSSR count). The first-order chi connectivity index (χ1) is 21.3. The standard InChI is InChI=1S/C41H24N2/c42-25-26-21-22-43-39(23-26)29-15-13-27(14-16-29)30-17-19-34-38(24-30)41(37-20-18-28-7-1-2-8-31(28)40(34)37)35-11-5-3-9-32(35)33-10-4-6-12-36(33)41/h1-24H. The normalized spacial score (nSPS) is 13.3. The smallest absolute Gasteiger partial charge is 0.0992 e. The number of rotatable bonds is 2. The molecule has 0 radical (unpaired) electrons. The quantitative estimate of drug-likeness (QED) is 0.217. The van der Waals surface area contributed by atoms with Gasteiger partial charge in [0.05, 0.1) is 22.7 Å². The van der Waals surface area contributed by atoms with Crippen LogP contribution in [0.3, 0.4) is 0 Å². The molecule has 7 aromatic rings. The van der Waals surface area contributed by atoms with E-state index in [1.807, 2.05) is 6.07 Å². The molecule has 2 aliphatic rings. The van der Waals surface area contributed by atoms with Crippen molar-refractivity contribution < 1.29 is 0 Å². The van der Waals surface area contributed by atoms with E-state index in [0.717, 1.165) is 16.8 Å². The third-order valence-electron chi connectivity index (χ3n) is 9.38. The lowest BCUT2D eigenvalue weighted by Gasteiger charge is -2.30. The van der Waals surface area contributed by atoms with Crippen LogP contribution in [0.15, 0.2) is 146 Å². The largest absolute Gasteiger partial charge is 0.256 e. The number of benzene rings is 6. The lowest BCUT2D eigenvalue weighted by Crippen LogP contribution is -2.25. The van der Waals surface area contributed by atoms with Crippen molar-refractivity contribution in [3.8, 4) is 50.7 Å². The Morgan fingerprint density at radius 2 is 1.19 bits per heavy atom. The Morgan fingerprint density at radius 1 is 0.512 bits per heavy atom. The summed E-state index contributed by atoms with van der Waals surface area (Å²) in [6.07, 6.45) is 1.69. The van der Waals surface area contributed by atoms with Crippen LogP contribution in [0, 0.1) is 11.3 Å². The van der Waals surface area contributed by atoms with E-state index in [0.29, 0.717) is 5.56 Å². The predicted molar refractivity (Wildman–Crippen MR) is 174 cm³/mol. The Balaban J connectivity index is 1.30. The summed E-state index contributed by atoms with van der Waals surface area (Å²) in [6, 6.07) is 52.7. The first-order valence-corrected chi connectivity index (χ1v) is 14.6. The molecule has 0 amide bonds. The van der Waals surface area contributed by atoms with Crippen LogP contribution in [-0.2, 0) is 5.41 Å². The fourth-order valence-corrected chi connectivity index (χ4v) is 7.58. The Bertz CT molecular complexity index is 2260. The van der Waals surface area contributed by atoms with Gasteiger partial charge in [0.25, 0.3) is 0 Å². The van der Waals surface area contributed by atoms with Crippen LogP contribution >= 0.6 is 0 Å². The maximum atomic E-state index is 9.33. The number of hydrogen-bond acceptors (Lipinski definition) is 2. The SMILES string of the molecule is N#Cc1ccnc(-c2ccc(-c3ccc4c(c3)C3(c5ccccc5-c5ccccc53)c3ccc5ccccc5c3-4)cc2)c1. The van der Waals surface area contributed by atoms with Crippen LogP contribution in [0.4, 0.5) is 0 Å². The van der Waals surface area contributed by atoms with Crippen molar-refractivity contribution in [2.45, 2.75) is 5.41 Å². The fourth-order valence-electron chi connectivity index (χ4n) is 7.58. The minimum absolute atomic E-state index is 0.389. The van der Waals surface area contributed by atoms with Crippen LogP contribution in [0.25, 0.3) is 55.4 Å². The Morgan fingerprint density at radius 3 is 1.95 bits per heavy atom. The third kappa shape index (κ3) is 3.19. The second-order valence-electron chi connectivity index (χ2n) is 11.4. The molecule has 2 aliphatic carbocycles. The lowest BCUT2D eigenvalue weighted by atomic mass is 9.70. The van der Waals surface area contributed by atoms with Gasteiger partial charge in [-0.2, -0.15) is 5.26 Å². The van der Waals surface area contributed by atoms with Crippen molar-refractivity contribution in [2.75, 3.05) is 0 Å². The van der Waals surface area contributed by atoms with E-state index in [-0.39, 0.29) is 5.41 Å². The summed E-state index contributed by atoms with van der Waals surface area (Å²) in [7, 11) is 0. The number of aromatic nitrogens is 1. The topological polar surface area (TPSA) is 36.7 Å². The number of fused-ring (bicyclic) bond motifs is 12. The van der Waals surface area contributed by atoms with Gasteiger partial charge in [0.15, 0.2) is 0 Å². The van der Waals surface area contributed by atoms with Gasteiger partial charge in [0, 0.05) is 11.8 Å². The van der Waals surface area contributed by atoms with E-state index in [9.17, 15) is 5.26 Å². The van der Waals surface area contributed by atoms with E-state index in [4.69, 9.17) is 0 Å². The molecular weight excluding hydrogens is 520 g/mol. The van der Waals surface area contributed by atoms with Crippen molar-refractivity contribution in [1.29, 1.82) is 5.26 Å². The molecule has 0 fully saturated rings. The van der Waals surface area contributed by atoms with Gasteiger partial charge in [0.1, 0.15) is 0 Å². The molecule has 0 saturated heterocycles. The van der Waals surface area contributed by atoms with Crippen molar-refractivity contribution in [1.82, 2.24) is 4.98 Å². The minimum Gasteiger partial charge on any atom is -0.256 e. The van der Waals surface area contributed by atoms with Crippen molar-refractivity contribution in [3.05, 3.63) is 174 Å². The van der Waals surface area contributed by atoms with Gasteiger partial charge < -0.3 is 0 Å². The van der Waals surface area contributed by atoms with Crippen LogP contribution in [-0.4, -0.2) is 4.98 Å². The van der Waals surface area contributed by atoms with Gasteiger partial charge in [-0.3, -0.25) is 4.98 Å². The number of hydrogen-bond donors (Lipinski definition) is 0. The summed E-state index contributed by atoms with van der Waals surface area (Å²) in [5.74, 6) is 0. The summed E-state index contributed by atoms with van der Waals surface area (Å²) < 4.78 is 0. The molecule has 0 unspecified atom stereocenters. The van der Waals surface area contributed by atoms with Gasteiger partial charge in [-0.1, -0.05) is 121 Å². The van der Waals surface area contributed by atoms with Crippen molar-refractivity contribution >= 4 is 10.8 Å². The summed E-state index contributed by atoms with van der Waals surface area (Å²) in [4.78, 5) is 4.49. The maximum Gasteiger partial charge on any atom is 0.0992 e. The molecule has 0 saturated carbocycles. The highest BCUT2D eigenvalue weighted by Gasteiger charge is 2.51. The molecule has 2 nitrogen and oxygen atoms in total. The molecule has 1 heterocycles. The van der Waals surface area contributed by atoms with Gasteiger partial charge in [-0.05, 0) is 84.6 Å². The highest BCUT2D eigenvalue weighted by atomic mass is 14.7. The molecule has 0 N–H and O–H groups in total. The zero-order valence-corrected chi connectivity index (χ0v) is 23.3. The number of pyridine rings is 1. The minimum atomic E-state index is -0.389. The zero-order valence-electron chi connectivity index (χ0n) is 23.3. The van der Waals surface area contributed by atoms with Crippen LogP contribution in [0.5, 0.6) is 0 Å². The van der Waals surface area contributed by atoms with E-state index in [1.165, 1.54) is 60.8 Å². The maximum absolute atomic E-state index is 9.33. The van der Waals surface area contributed by atoms with Crippen LogP contribution < -0.4 is 0 Å². The second kappa shape index (κ2) is 8.86. The molecule has 6 aromatic carbocycles. The highest BCUT2D eigenvalue weighted by molar-refractivity contribution is 6.06. The fraction of sp³-hybridized carbons (Fsp3) is 0.0244. The van der Waals surface area contributed by atoms with Gasteiger partial charge >= 0.3 is 0 Å². The van der Waals surface area contributed by atoms with E-state index in [1.54, 1.807) is 12.3 Å². The molecule has 0 bridgehead atoms. The lowest BCUT2D eigenvalue weighted by molar-refractivity contribution is 0.795. The van der Waals surface area contributed by atoms with Crippen LogP contribution in [0.1, 0.15) is 27.8 Å². The summed E-state index contributed by atoms with van der Waals surface area (Å²) >= 11 is 0. The summed E-state index contributed by atoms with van der Waals surface area (Å²) in [5, 5.41) is 11.9. The predicted octanol–water partition coefficient (Wildman–Crippen LogP) is 9.78. The average Bonchev–Trinajstić information content (AvgIpc) is 3.55. The average molecular weight is 545 g/mol. The summed E-state index contributed by atoms with van der Waals surface area (Å²) in [5.41, 5.74) is 15.0. The van der Waals surface area contributed by atoms with E-state index < -0.39 is 0 Å². The summed E-state index contributed by atoms with van der Waals surface area (Å²) in [6.45, 7) is 0. The van der Waals surface area contributed by atoms with Crippen molar-refractivity contribution in [3.63, 3.8) is 0 Å². The first-order valence-electron chi connectivity index (χ1n) is 14.6. The number of nitrogens with zero attached hydrogens (tertiary/aromatic N) is 2. The Labute approximate surface area is 250 Å². The van der Waals surface area contributed by atoms with Crippen molar-refractivity contribution in [2.24, 2.45) is 0 Å². The van der Waals surface area contributed by atoms with Crippen LogP contribution in [0.2, 0.25) is 0 Å². The molecular formula is C41H24N2. The molecule has 2 heteroatoms. The molecule has 198 valence electrons. The third-order valence-corrected chi connectivity index (χ3v) is 9.38.